The minimum absolute atomic E-state index is 0.157. The Bertz CT molecular complexity index is 379. The van der Waals surface area contributed by atoms with E-state index < -0.39 is 0 Å². The number of hydrogen-bond acceptors (Lipinski definition) is 2. The summed E-state index contributed by atoms with van der Waals surface area (Å²) in [6.07, 6.45) is 2.11. The molecule has 0 spiro atoms. The number of rotatable bonds is 7. The fourth-order valence-electron chi connectivity index (χ4n) is 1.75. The molecule has 0 aliphatic carbocycles. The Morgan fingerprint density at radius 2 is 1.63 bits per heavy atom. The van der Waals surface area contributed by atoms with E-state index in [1.54, 1.807) is 0 Å². The van der Waals surface area contributed by atoms with Crippen molar-refractivity contribution in [3.05, 3.63) is 29.8 Å². The average molecular weight is 263 g/mol. The summed E-state index contributed by atoms with van der Waals surface area (Å²) < 4.78 is 5.79. The van der Waals surface area contributed by atoms with Gasteiger partial charge in [0.05, 0.1) is 6.61 Å². The fourth-order valence-corrected chi connectivity index (χ4v) is 1.75. The van der Waals surface area contributed by atoms with E-state index in [0.29, 0.717) is 6.54 Å². The molecule has 0 bridgehead atoms. The van der Waals surface area contributed by atoms with Crippen LogP contribution in [0.2, 0.25) is 0 Å². The fraction of sp³-hybridized carbons (Fsp3) is 0.647. The van der Waals surface area contributed by atoms with Crippen LogP contribution >= 0.6 is 0 Å². The Hall–Kier alpha value is -1.02. The molecule has 2 nitrogen and oxygen atoms in total. The molecule has 0 radical (unpaired) electrons. The molecule has 0 saturated carbocycles. The van der Waals surface area contributed by atoms with Crippen LogP contribution in [0.25, 0.3) is 0 Å². The van der Waals surface area contributed by atoms with Crippen LogP contribution in [-0.4, -0.2) is 13.2 Å². The highest BCUT2D eigenvalue weighted by Gasteiger charge is 2.18. The van der Waals surface area contributed by atoms with Crippen LogP contribution in [0.15, 0.2) is 24.3 Å². The van der Waals surface area contributed by atoms with Crippen molar-refractivity contribution >= 4 is 0 Å². The normalized spacial score (nSPS) is 12.5. The largest absolute Gasteiger partial charge is 0.494 e. The van der Waals surface area contributed by atoms with Gasteiger partial charge in [-0.1, -0.05) is 46.8 Å². The molecule has 1 rings (SSSR count). The quantitative estimate of drug-likeness (QED) is 0.803. The van der Waals surface area contributed by atoms with Gasteiger partial charge in [-0.15, -0.1) is 0 Å². The Morgan fingerprint density at radius 3 is 2.11 bits per heavy atom. The van der Waals surface area contributed by atoms with Crippen LogP contribution in [-0.2, 0) is 5.41 Å². The van der Waals surface area contributed by atoms with Crippen LogP contribution in [0.1, 0.15) is 53.0 Å². The van der Waals surface area contributed by atoms with Crippen molar-refractivity contribution < 1.29 is 4.74 Å². The van der Waals surface area contributed by atoms with Crippen molar-refractivity contribution in [2.45, 2.75) is 52.9 Å². The van der Waals surface area contributed by atoms with Crippen molar-refractivity contribution in [3.8, 4) is 5.75 Å². The highest BCUT2D eigenvalue weighted by molar-refractivity contribution is 5.31. The SMILES string of the molecule is CCC(C)(C)c1ccc(OCCC(C)(C)CN)cc1. The van der Waals surface area contributed by atoms with Crippen LogP contribution < -0.4 is 10.5 Å². The Morgan fingerprint density at radius 1 is 1.05 bits per heavy atom. The van der Waals surface area contributed by atoms with Crippen LogP contribution in [0.4, 0.5) is 0 Å². The zero-order valence-corrected chi connectivity index (χ0v) is 13.1. The second-order valence-corrected chi connectivity index (χ2v) is 6.73. The zero-order chi connectivity index (χ0) is 14.5. The minimum atomic E-state index is 0.157. The summed E-state index contributed by atoms with van der Waals surface area (Å²) in [5, 5.41) is 0. The van der Waals surface area contributed by atoms with Gasteiger partial charge in [-0.05, 0) is 47.9 Å². The topological polar surface area (TPSA) is 35.2 Å². The molecule has 0 aliphatic heterocycles. The molecular weight excluding hydrogens is 234 g/mol. The number of nitrogens with two attached hydrogens (primary N) is 1. The molecule has 0 saturated heterocycles. The number of hydrogen-bond donors (Lipinski definition) is 1. The van der Waals surface area contributed by atoms with Crippen molar-refractivity contribution in [1.82, 2.24) is 0 Å². The second-order valence-electron chi connectivity index (χ2n) is 6.73. The lowest BCUT2D eigenvalue weighted by molar-refractivity contribution is 0.233. The maximum Gasteiger partial charge on any atom is 0.119 e. The molecule has 108 valence electrons. The van der Waals surface area contributed by atoms with Crippen LogP contribution in [0.3, 0.4) is 0 Å². The summed E-state index contributed by atoms with van der Waals surface area (Å²) in [7, 11) is 0. The molecule has 0 aromatic heterocycles. The minimum Gasteiger partial charge on any atom is -0.494 e. The van der Waals surface area contributed by atoms with Crippen molar-refractivity contribution in [3.63, 3.8) is 0 Å². The van der Waals surface area contributed by atoms with Gasteiger partial charge in [0.15, 0.2) is 0 Å². The molecule has 0 heterocycles. The molecule has 1 aromatic rings. The predicted molar refractivity (Wildman–Crippen MR) is 82.7 cm³/mol. The van der Waals surface area contributed by atoms with E-state index in [1.165, 1.54) is 5.56 Å². The molecule has 2 heteroatoms. The molecule has 0 unspecified atom stereocenters. The van der Waals surface area contributed by atoms with Gasteiger partial charge >= 0.3 is 0 Å². The monoisotopic (exact) mass is 263 g/mol. The lowest BCUT2D eigenvalue weighted by Crippen LogP contribution is -2.25. The molecule has 0 amide bonds. The summed E-state index contributed by atoms with van der Waals surface area (Å²) in [6, 6.07) is 8.49. The first-order valence-corrected chi connectivity index (χ1v) is 7.24. The lowest BCUT2D eigenvalue weighted by atomic mass is 9.82. The maximum atomic E-state index is 5.79. The van der Waals surface area contributed by atoms with Crippen molar-refractivity contribution in [2.24, 2.45) is 11.1 Å². The maximum absolute atomic E-state index is 5.79. The molecular formula is C17H29NO. The second kappa shape index (κ2) is 6.42. The zero-order valence-electron chi connectivity index (χ0n) is 13.1. The first kappa shape index (κ1) is 16.0. The van der Waals surface area contributed by atoms with Crippen LogP contribution in [0, 0.1) is 5.41 Å². The summed E-state index contributed by atoms with van der Waals surface area (Å²) >= 11 is 0. The third kappa shape index (κ3) is 4.87. The van der Waals surface area contributed by atoms with E-state index in [0.717, 1.165) is 25.2 Å². The van der Waals surface area contributed by atoms with E-state index in [9.17, 15) is 0 Å². The first-order valence-electron chi connectivity index (χ1n) is 7.24. The molecule has 0 fully saturated rings. The highest BCUT2D eigenvalue weighted by Crippen LogP contribution is 2.28. The Kier molecular flexibility index (Phi) is 5.42. The van der Waals surface area contributed by atoms with Gasteiger partial charge in [0.25, 0.3) is 0 Å². The molecule has 1 aromatic carbocycles. The third-order valence-electron chi connectivity index (χ3n) is 4.12. The predicted octanol–water partition coefficient (Wildman–Crippen LogP) is 4.13. The Balaban J connectivity index is 2.54. The first-order chi connectivity index (χ1) is 8.80. The van der Waals surface area contributed by atoms with E-state index in [4.69, 9.17) is 10.5 Å². The molecule has 19 heavy (non-hydrogen) atoms. The van der Waals surface area contributed by atoms with Crippen molar-refractivity contribution in [1.29, 1.82) is 0 Å². The van der Waals surface area contributed by atoms with Gasteiger partial charge in [-0.3, -0.25) is 0 Å². The van der Waals surface area contributed by atoms with E-state index >= 15 is 0 Å². The van der Waals surface area contributed by atoms with Gasteiger partial charge in [0.1, 0.15) is 5.75 Å². The van der Waals surface area contributed by atoms with Gasteiger partial charge < -0.3 is 10.5 Å². The highest BCUT2D eigenvalue weighted by atomic mass is 16.5. The summed E-state index contributed by atoms with van der Waals surface area (Å²) in [6.45, 7) is 12.5. The number of benzene rings is 1. The molecule has 0 aliphatic rings. The summed E-state index contributed by atoms with van der Waals surface area (Å²) in [5.74, 6) is 0.948. The third-order valence-corrected chi connectivity index (χ3v) is 4.12. The summed E-state index contributed by atoms with van der Waals surface area (Å²) in [5.41, 5.74) is 7.47. The molecule has 0 atom stereocenters. The summed E-state index contributed by atoms with van der Waals surface area (Å²) in [4.78, 5) is 0. The van der Waals surface area contributed by atoms with Gasteiger partial charge in [-0.2, -0.15) is 0 Å². The van der Waals surface area contributed by atoms with Gasteiger partial charge in [0, 0.05) is 0 Å². The average Bonchev–Trinajstić information content (AvgIpc) is 2.39. The standard InChI is InChI=1S/C17H29NO/c1-6-17(4,5)14-7-9-15(10-8-14)19-12-11-16(2,3)13-18/h7-10H,6,11-13,18H2,1-5H3. The smallest absolute Gasteiger partial charge is 0.119 e. The van der Waals surface area contributed by atoms with Gasteiger partial charge in [-0.25, -0.2) is 0 Å². The molecule has 2 N–H and O–H groups in total. The van der Waals surface area contributed by atoms with E-state index in [2.05, 4.69) is 58.9 Å². The number of ether oxygens (including phenoxy) is 1. The van der Waals surface area contributed by atoms with E-state index in [-0.39, 0.29) is 10.8 Å². The van der Waals surface area contributed by atoms with Gasteiger partial charge in [0.2, 0.25) is 0 Å². The lowest BCUT2D eigenvalue weighted by Gasteiger charge is -2.24. The Labute approximate surface area is 118 Å². The van der Waals surface area contributed by atoms with Crippen LogP contribution in [0.5, 0.6) is 5.75 Å². The van der Waals surface area contributed by atoms with E-state index in [1.807, 2.05) is 0 Å². The van der Waals surface area contributed by atoms with Crippen molar-refractivity contribution in [2.75, 3.05) is 13.2 Å².